The molecule has 5 nitrogen and oxygen atoms in total. The summed E-state index contributed by atoms with van der Waals surface area (Å²) in [6.07, 6.45) is 3.19. The molecule has 0 atom stereocenters. The van der Waals surface area contributed by atoms with Gasteiger partial charge >= 0.3 is 0 Å². The molecule has 1 rings (SSSR count). The lowest BCUT2D eigenvalue weighted by molar-refractivity contribution is 0.0321. The van der Waals surface area contributed by atoms with Crippen molar-refractivity contribution < 1.29 is 5.11 Å². The maximum atomic E-state index is 10.0. The van der Waals surface area contributed by atoms with Crippen molar-refractivity contribution in [3.8, 4) is 0 Å². The number of hydrogen-bond acceptors (Lipinski definition) is 4. The highest BCUT2D eigenvalue weighted by atomic mass is 16.3. The van der Waals surface area contributed by atoms with Gasteiger partial charge in [-0.05, 0) is 12.8 Å². The molecule has 0 spiro atoms. The van der Waals surface area contributed by atoms with Crippen LogP contribution in [0.3, 0.4) is 0 Å². The monoisotopic (exact) mass is 212 g/mol. The second-order valence-corrected chi connectivity index (χ2v) is 3.89. The third-order valence-corrected chi connectivity index (χ3v) is 2.86. The van der Waals surface area contributed by atoms with Gasteiger partial charge in [-0.15, -0.1) is 10.2 Å². The van der Waals surface area contributed by atoms with Crippen LogP contribution in [0.25, 0.3) is 0 Å². The van der Waals surface area contributed by atoms with Gasteiger partial charge in [0.1, 0.15) is 12.2 Å². The molecule has 15 heavy (non-hydrogen) atoms. The molecule has 2 N–H and O–H groups in total. The van der Waals surface area contributed by atoms with Gasteiger partial charge in [-0.2, -0.15) is 0 Å². The normalized spacial score (nSPS) is 12.0. The summed E-state index contributed by atoms with van der Waals surface area (Å²) in [6.45, 7) is 5.21. The topological polar surface area (TPSA) is 63.0 Å². The quantitative estimate of drug-likeness (QED) is 0.719. The molecule has 0 fully saturated rings. The Balaban J connectivity index is 2.36. The number of aryl methyl sites for hydroxylation is 1. The van der Waals surface area contributed by atoms with Gasteiger partial charge in [0.05, 0.1) is 12.1 Å². The van der Waals surface area contributed by atoms with E-state index in [9.17, 15) is 5.11 Å². The maximum Gasteiger partial charge on any atom is 0.146 e. The molecule has 0 unspecified atom stereocenters. The van der Waals surface area contributed by atoms with Crippen molar-refractivity contribution in [3.05, 3.63) is 12.2 Å². The lowest BCUT2D eigenvalue weighted by atomic mass is 9.98. The van der Waals surface area contributed by atoms with Crippen molar-refractivity contribution in [3.63, 3.8) is 0 Å². The van der Waals surface area contributed by atoms with Crippen LogP contribution in [-0.4, -0.2) is 32.0 Å². The lowest BCUT2D eigenvalue weighted by Gasteiger charge is -2.25. The van der Waals surface area contributed by atoms with Crippen molar-refractivity contribution in [1.29, 1.82) is 0 Å². The molecule has 0 saturated heterocycles. The van der Waals surface area contributed by atoms with Crippen LogP contribution in [0.4, 0.5) is 0 Å². The first-order chi connectivity index (χ1) is 7.11. The van der Waals surface area contributed by atoms with Crippen molar-refractivity contribution in [2.75, 3.05) is 6.54 Å². The summed E-state index contributed by atoms with van der Waals surface area (Å²) in [6, 6.07) is 0. The van der Waals surface area contributed by atoms with Crippen LogP contribution < -0.4 is 5.32 Å². The van der Waals surface area contributed by atoms with E-state index in [2.05, 4.69) is 15.5 Å². The molecule has 0 aromatic carbocycles. The molecule has 1 aromatic heterocycles. The van der Waals surface area contributed by atoms with Gasteiger partial charge in [0.25, 0.3) is 0 Å². The van der Waals surface area contributed by atoms with E-state index in [1.165, 1.54) is 0 Å². The number of aromatic nitrogens is 3. The summed E-state index contributed by atoms with van der Waals surface area (Å²) in [5, 5.41) is 21.0. The van der Waals surface area contributed by atoms with Crippen LogP contribution in [0.1, 0.15) is 32.5 Å². The maximum absolute atomic E-state index is 10.0. The van der Waals surface area contributed by atoms with Gasteiger partial charge in [-0.1, -0.05) is 13.8 Å². The predicted molar refractivity (Wildman–Crippen MR) is 58.2 cm³/mol. The zero-order valence-corrected chi connectivity index (χ0v) is 9.69. The summed E-state index contributed by atoms with van der Waals surface area (Å²) >= 11 is 0. The van der Waals surface area contributed by atoms with Crippen LogP contribution >= 0.6 is 0 Å². The van der Waals surface area contributed by atoms with E-state index < -0.39 is 5.60 Å². The van der Waals surface area contributed by atoms with Crippen LogP contribution in [0.2, 0.25) is 0 Å². The Labute approximate surface area is 90.5 Å². The molecule has 0 aliphatic carbocycles. The fourth-order valence-corrected chi connectivity index (χ4v) is 1.37. The highest BCUT2D eigenvalue weighted by Gasteiger charge is 2.21. The third-order valence-electron chi connectivity index (χ3n) is 2.86. The molecule has 0 amide bonds. The molecule has 86 valence electrons. The van der Waals surface area contributed by atoms with E-state index in [0.717, 1.165) is 18.7 Å². The zero-order valence-electron chi connectivity index (χ0n) is 9.69. The molecule has 0 radical (unpaired) electrons. The minimum absolute atomic E-state index is 0.590. The summed E-state index contributed by atoms with van der Waals surface area (Å²) in [4.78, 5) is 0. The fourth-order valence-electron chi connectivity index (χ4n) is 1.37. The first-order valence-corrected chi connectivity index (χ1v) is 5.37. The average Bonchev–Trinajstić information content (AvgIpc) is 2.64. The SMILES string of the molecule is CCC(O)(CC)CNCc1nncn1C. The standard InChI is InChI=1S/C10H20N4O/c1-4-10(15,5-2)7-11-6-9-13-12-8-14(9)3/h8,11,15H,4-7H2,1-3H3. The van der Waals surface area contributed by atoms with E-state index in [0.29, 0.717) is 13.1 Å². The van der Waals surface area contributed by atoms with E-state index in [1.807, 2.05) is 25.5 Å². The molecule has 5 heteroatoms. The summed E-state index contributed by atoms with van der Waals surface area (Å²) in [5.41, 5.74) is -0.599. The predicted octanol–water partition coefficient (Wildman–Crippen LogP) is 0.456. The second kappa shape index (κ2) is 5.23. The van der Waals surface area contributed by atoms with Crippen LogP contribution in [-0.2, 0) is 13.6 Å². The van der Waals surface area contributed by atoms with Crippen molar-refractivity contribution >= 4 is 0 Å². The van der Waals surface area contributed by atoms with Gasteiger partial charge in [-0.25, -0.2) is 0 Å². The summed E-state index contributed by atoms with van der Waals surface area (Å²) in [5.74, 6) is 0.879. The minimum atomic E-state index is -0.599. The molecule has 0 aliphatic rings. The number of aliphatic hydroxyl groups is 1. The zero-order chi connectivity index (χ0) is 11.3. The Kier molecular flexibility index (Phi) is 4.23. The second-order valence-electron chi connectivity index (χ2n) is 3.89. The van der Waals surface area contributed by atoms with Crippen molar-refractivity contribution in [2.24, 2.45) is 7.05 Å². The van der Waals surface area contributed by atoms with E-state index in [4.69, 9.17) is 0 Å². The first kappa shape index (κ1) is 12.1. The van der Waals surface area contributed by atoms with Gasteiger partial charge in [-0.3, -0.25) is 0 Å². The average molecular weight is 212 g/mol. The van der Waals surface area contributed by atoms with Crippen LogP contribution in [0.5, 0.6) is 0 Å². The van der Waals surface area contributed by atoms with Crippen LogP contribution in [0.15, 0.2) is 6.33 Å². The van der Waals surface area contributed by atoms with Crippen LogP contribution in [0, 0.1) is 0 Å². The summed E-state index contributed by atoms with van der Waals surface area (Å²) in [7, 11) is 1.91. The highest BCUT2D eigenvalue weighted by Crippen LogP contribution is 2.12. The van der Waals surface area contributed by atoms with Gasteiger partial charge in [0.15, 0.2) is 0 Å². The van der Waals surface area contributed by atoms with E-state index in [1.54, 1.807) is 6.33 Å². The minimum Gasteiger partial charge on any atom is -0.389 e. The largest absolute Gasteiger partial charge is 0.389 e. The molecular formula is C10H20N4O. The first-order valence-electron chi connectivity index (χ1n) is 5.37. The van der Waals surface area contributed by atoms with E-state index in [-0.39, 0.29) is 0 Å². The molecule has 1 heterocycles. The van der Waals surface area contributed by atoms with Gasteiger partial charge in [0, 0.05) is 13.6 Å². The highest BCUT2D eigenvalue weighted by molar-refractivity contribution is 4.85. The smallest absolute Gasteiger partial charge is 0.146 e. The molecule has 0 saturated carbocycles. The Hall–Kier alpha value is -0.940. The van der Waals surface area contributed by atoms with Crippen molar-refractivity contribution in [1.82, 2.24) is 20.1 Å². The fraction of sp³-hybridized carbons (Fsp3) is 0.800. The molecule has 1 aromatic rings. The molecule has 0 aliphatic heterocycles. The Morgan fingerprint density at radius 1 is 1.47 bits per heavy atom. The lowest BCUT2D eigenvalue weighted by Crippen LogP contribution is -2.39. The number of nitrogens with zero attached hydrogens (tertiary/aromatic N) is 3. The Morgan fingerprint density at radius 3 is 2.60 bits per heavy atom. The van der Waals surface area contributed by atoms with Crippen molar-refractivity contribution in [2.45, 2.75) is 38.8 Å². The number of rotatable bonds is 6. The van der Waals surface area contributed by atoms with Gasteiger partial charge in [0.2, 0.25) is 0 Å². The third kappa shape index (κ3) is 3.28. The van der Waals surface area contributed by atoms with E-state index >= 15 is 0 Å². The number of hydrogen-bond donors (Lipinski definition) is 2. The molecule has 0 bridgehead atoms. The Bertz CT molecular complexity index is 293. The molecular weight excluding hydrogens is 192 g/mol. The van der Waals surface area contributed by atoms with Gasteiger partial charge < -0.3 is 15.0 Å². The Morgan fingerprint density at radius 2 is 2.13 bits per heavy atom. The summed E-state index contributed by atoms with van der Waals surface area (Å²) < 4.78 is 1.87. The number of nitrogens with one attached hydrogen (secondary N) is 1.